The molecule has 2 heterocycles. The van der Waals surface area contributed by atoms with Crippen LogP contribution in [0.5, 0.6) is 0 Å². The number of rotatable bonds is 5. The number of nitrogens with one attached hydrogen (secondary N) is 1. The van der Waals surface area contributed by atoms with Crippen molar-refractivity contribution >= 4 is 40.3 Å². The molecular weight excluding hydrogens is 415 g/mol. The van der Waals surface area contributed by atoms with E-state index < -0.39 is 11.7 Å². The van der Waals surface area contributed by atoms with E-state index in [-0.39, 0.29) is 0 Å². The van der Waals surface area contributed by atoms with Gasteiger partial charge in [-0.25, -0.2) is 4.98 Å². The molecule has 1 fully saturated rings. The number of halogens is 3. The molecule has 0 bridgehead atoms. The van der Waals surface area contributed by atoms with Crippen molar-refractivity contribution in [3.05, 3.63) is 65.9 Å². The van der Waals surface area contributed by atoms with Crippen molar-refractivity contribution in [3.8, 4) is 0 Å². The molecule has 1 aliphatic rings. The fourth-order valence-electron chi connectivity index (χ4n) is 3.17. The number of hydrogen-bond donors (Lipinski definition) is 1. The monoisotopic (exact) mass is 435 g/mol. The number of para-hydroxylation sites is 1. The lowest BCUT2D eigenvalue weighted by atomic mass is 10.1. The van der Waals surface area contributed by atoms with Gasteiger partial charge in [-0.2, -0.15) is 24.9 Å². The third kappa shape index (κ3) is 5.18. The minimum atomic E-state index is -4.32. The molecule has 1 aromatic heterocycles. The van der Waals surface area contributed by atoms with Crippen molar-refractivity contribution in [2.45, 2.75) is 17.6 Å². The summed E-state index contributed by atoms with van der Waals surface area (Å²) in [6, 6.07) is 15.2. The Bertz CT molecular complexity index is 971. The van der Waals surface area contributed by atoms with Crippen LogP contribution >= 0.6 is 23.7 Å². The maximum atomic E-state index is 12.7. The third-order valence-electron chi connectivity index (χ3n) is 4.73. The number of nitrogens with zero attached hydrogens (tertiary/aromatic N) is 2. The zero-order valence-corrected chi connectivity index (χ0v) is 17.2. The Balaban J connectivity index is 1.49. The fourth-order valence-corrected chi connectivity index (χ4v) is 4.82. The molecule has 152 valence electrons. The van der Waals surface area contributed by atoms with Gasteiger partial charge in [0.05, 0.1) is 22.5 Å². The predicted octanol–water partition coefficient (Wildman–Crippen LogP) is 5.92. The summed E-state index contributed by atoms with van der Waals surface area (Å²) in [5, 5.41) is 1.03. The SMILES string of the molecule is FC(F)(F)c1ccc(SNc2cccc3ccc(CN4CCSCC4)nc23)cc1. The highest BCUT2D eigenvalue weighted by molar-refractivity contribution is 8.00. The number of aromatic nitrogens is 1. The van der Waals surface area contributed by atoms with Crippen LogP contribution in [0.2, 0.25) is 0 Å². The van der Waals surface area contributed by atoms with Gasteiger partial charge < -0.3 is 4.72 Å². The van der Waals surface area contributed by atoms with Crippen LogP contribution in [0.25, 0.3) is 10.9 Å². The standard InChI is InChI=1S/C21H20F3N3S2/c22-21(23,24)16-5-8-18(9-6-16)29-26-19-3-1-2-15-4-7-17(25-20(15)19)14-27-10-12-28-13-11-27/h1-9,26H,10-14H2. The first-order valence-electron chi connectivity index (χ1n) is 9.28. The first kappa shape index (κ1) is 20.4. The number of fused-ring (bicyclic) bond motifs is 1. The molecule has 8 heteroatoms. The quantitative estimate of drug-likeness (QED) is 0.502. The van der Waals surface area contributed by atoms with Crippen molar-refractivity contribution in [1.29, 1.82) is 0 Å². The van der Waals surface area contributed by atoms with E-state index in [9.17, 15) is 13.2 Å². The highest BCUT2D eigenvalue weighted by Gasteiger charge is 2.29. The molecule has 1 N–H and O–H groups in total. The van der Waals surface area contributed by atoms with E-state index in [1.165, 1.54) is 24.1 Å². The molecule has 1 aliphatic heterocycles. The molecule has 3 nitrogen and oxygen atoms in total. The summed E-state index contributed by atoms with van der Waals surface area (Å²) in [4.78, 5) is 7.97. The van der Waals surface area contributed by atoms with E-state index in [1.807, 2.05) is 30.0 Å². The van der Waals surface area contributed by atoms with Crippen LogP contribution in [-0.4, -0.2) is 34.5 Å². The lowest BCUT2D eigenvalue weighted by Gasteiger charge is -2.25. The average Bonchev–Trinajstić information content (AvgIpc) is 2.73. The number of hydrogen-bond acceptors (Lipinski definition) is 5. The summed E-state index contributed by atoms with van der Waals surface area (Å²) in [7, 11) is 0. The smallest absolute Gasteiger partial charge is 0.324 e. The molecule has 29 heavy (non-hydrogen) atoms. The van der Waals surface area contributed by atoms with Gasteiger partial charge in [0.15, 0.2) is 0 Å². The van der Waals surface area contributed by atoms with Gasteiger partial charge in [0.25, 0.3) is 0 Å². The van der Waals surface area contributed by atoms with Crippen LogP contribution in [-0.2, 0) is 12.7 Å². The van der Waals surface area contributed by atoms with Crippen molar-refractivity contribution in [3.63, 3.8) is 0 Å². The van der Waals surface area contributed by atoms with Gasteiger partial charge >= 0.3 is 6.18 Å². The molecular formula is C21H20F3N3S2. The van der Waals surface area contributed by atoms with Gasteiger partial charge in [0.1, 0.15) is 0 Å². The average molecular weight is 436 g/mol. The second kappa shape index (κ2) is 8.85. The molecule has 2 aromatic carbocycles. The number of alkyl halides is 3. The van der Waals surface area contributed by atoms with Crippen LogP contribution in [0.1, 0.15) is 11.3 Å². The minimum Gasteiger partial charge on any atom is -0.324 e. The third-order valence-corrected chi connectivity index (χ3v) is 6.50. The van der Waals surface area contributed by atoms with E-state index in [1.54, 1.807) is 0 Å². The Hall–Kier alpha value is -1.90. The summed E-state index contributed by atoms with van der Waals surface area (Å²) < 4.78 is 41.4. The van der Waals surface area contributed by atoms with Crippen LogP contribution in [0.4, 0.5) is 18.9 Å². The Labute approximate surface area is 176 Å². The second-order valence-electron chi connectivity index (χ2n) is 6.79. The normalized spacial score (nSPS) is 15.6. The highest BCUT2D eigenvalue weighted by atomic mass is 32.2. The van der Waals surface area contributed by atoms with E-state index in [0.29, 0.717) is 4.90 Å². The van der Waals surface area contributed by atoms with E-state index in [0.717, 1.165) is 65.6 Å². The first-order valence-corrected chi connectivity index (χ1v) is 11.2. The largest absolute Gasteiger partial charge is 0.416 e. The Morgan fingerprint density at radius 2 is 1.76 bits per heavy atom. The first-order chi connectivity index (χ1) is 14.0. The molecule has 0 saturated carbocycles. The lowest BCUT2D eigenvalue weighted by Crippen LogP contribution is -2.32. The number of thioether (sulfide) groups is 1. The summed E-state index contributed by atoms with van der Waals surface area (Å²) >= 11 is 3.26. The molecule has 3 aromatic rings. The van der Waals surface area contributed by atoms with Gasteiger partial charge in [-0.15, -0.1) is 0 Å². The Kier molecular flexibility index (Phi) is 6.22. The summed E-state index contributed by atoms with van der Waals surface area (Å²) in [6.07, 6.45) is -4.32. The van der Waals surface area contributed by atoms with E-state index in [4.69, 9.17) is 4.98 Å². The summed E-state index contributed by atoms with van der Waals surface area (Å²) in [5.41, 5.74) is 2.10. The molecule has 1 saturated heterocycles. The van der Waals surface area contributed by atoms with Gasteiger partial charge in [-0.3, -0.25) is 4.90 Å². The molecule has 0 aliphatic carbocycles. The zero-order valence-electron chi connectivity index (χ0n) is 15.6. The zero-order chi connectivity index (χ0) is 20.3. The van der Waals surface area contributed by atoms with Gasteiger partial charge in [-0.1, -0.05) is 18.2 Å². The van der Waals surface area contributed by atoms with Crippen LogP contribution < -0.4 is 4.72 Å². The maximum Gasteiger partial charge on any atom is 0.416 e. The molecule has 0 amide bonds. The van der Waals surface area contributed by atoms with Crippen molar-refractivity contribution in [1.82, 2.24) is 9.88 Å². The van der Waals surface area contributed by atoms with Gasteiger partial charge in [0, 0.05) is 41.4 Å². The topological polar surface area (TPSA) is 28.2 Å². The second-order valence-corrected chi connectivity index (χ2v) is 8.90. The van der Waals surface area contributed by atoms with Crippen molar-refractivity contribution in [2.75, 3.05) is 29.3 Å². The van der Waals surface area contributed by atoms with Gasteiger partial charge in [0.2, 0.25) is 0 Å². The van der Waals surface area contributed by atoms with Crippen molar-refractivity contribution in [2.24, 2.45) is 0 Å². The van der Waals surface area contributed by atoms with Crippen LogP contribution in [0, 0.1) is 0 Å². The molecule has 4 rings (SSSR count). The fraction of sp³-hybridized carbons (Fsp3) is 0.286. The number of benzene rings is 2. The highest BCUT2D eigenvalue weighted by Crippen LogP contribution is 2.32. The molecule has 0 unspecified atom stereocenters. The van der Waals surface area contributed by atoms with E-state index >= 15 is 0 Å². The van der Waals surface area contributed by atoms with E-state index in [2.05, 4.69) is 21.8 Å². The maximum absolute atomic E-state index is 12.7. The molecule has 0 spiro atoms. The number of pyridine rings is 1. The minimum absolute atomic E-state index is 0.644. The predicted molar refractivity (Wildman–Crippen MR) is 115 cm³/mol. The Morgan fingerprint density at radius 3 is 2.48 bits per heavy atom. The van der Waals surface area contributed by atoms with Crippen LogP contribution in [0.15, 0.2) is 59.5 Å². The van der Waals surface area contributed by atoms with Gasteiger partial charge in [-0.05, 0) is 48.3 Å². The molecule has 0 atom stereocenters. The van der Waals surface area contributed by atoms with Crippen LogP contribution in [0.3, 0.4) is 0 Å². The summed E-state index contributed by atoms with van der Waals surface area (Å²) in [5.74, 6) is 2.31. The summed E-state index contributed by atoms with van der Waals surface area (Å²) in [6.45, 7) is 2.99. The lowest BCUT2D eigenvalue weighted by molar-refractivity contribution is -0.137. The molecule has 0 radical (unpaired) electrons. The Morgan fingerprint density at radius 1 is 1.00 bits per heavy atom. The van der Waals surface area contributed by atoms with Crippen molar-refractivity contribution < 1.29 is 13.2 Å². The number of anilines is 1.